The van der Waals surface area contributed by atoms with Crippen LogP contribution in [0.25, 0.3) is 10.9 Å². The number of aryl methyl sites for hydroxylation is 1. The maximum atomic E-state index is 5.85. The van der Waals surface area contributed by atoms with Crippen LogP contribution >= 0.6 is 11.6 Å². The topological polar surface area (TPSA) is 35.0 Å². The van der Waals surface area contributed by atoms with Gasteiger partial charge in [-0.15, -0.1) is 0 Å². The van der Waals surface area contributed by atoms with Crippen LogP contribution in [0.1, 0.15) is 5.56 Å². The normalized spacial score (nSPS) is 10.6. The van der Waals surface area contributed by atoms with E-state index in [4.69, 9.17) is 16.3 Å². The van der Waals surface area contributed by atoms with E-state index in [1.165, 1.54) is 6.33 Å². The Labute approximate surface area is 115 Å². The molecule has 1 aromatic heterocycles. The van der Waals surface area contributed by atoms with Gasteiger partial charge in [-0.1, -0.05) is 23.7 Å². The Morgan fingerprint density at radius 2 is 1.79 bits per heavy atom. The van der Waals surface area contributed by atoms with Gasteiger partial charge in [0.05, 0.1) is 10.9 Å². The first-order valence-corrected chi connectivity index (χ1v) is 6.25. The maximum Gasteiger partial charge on any atom is 0.230 e. The number of hydrogen-bond donors (Lipinski definition) is 0. The summed E-state index contributed by atoms with van der Waals surface area (Å²) in [6.07, 6.45) is 1.51. The molecule has 1 heterocycles. The van der Waals surface area contributed by atoms with Crippen molar-refractivity contribution in [3.63, 3.8) is 0 Å². The monoisotopic (exact) mass is 270 g/mol. The van der Waals surface area contributed by atoms with Gasteiger partial charge < -0.3 is 4.74 Å². The number of benzene rings is 2. The molecule has 0 atom stereocenters. The lowest BCUT2D eigenvalue weighted by Gasteiger charge is -2.09. The molecule has 0 radical (unpaired) electrons. The zero-order valence-electron chi connectivity index (χ0n) is 10.3. The van der Waals surface area contributed by atoms with Gasteiger partial charge in [0.1, 0.15) is 12.1 Å². The molecule has 0 saturated carbocycles. The lowest BCUT2D eigenvalue weighted by molar-refractivity contribution is 0.468. The minimum atomic E-state index is 0.561. The molecule has 0 fully saturated rings. The maximum absolute atomic E-state index is 5.85. The van der Waals surface area contributed by atoms with Gasteiger partial charge in [0.15, 0.2) is 0 Å². The van der Waals surface area contributed by atoms with Crippen molar-refractivity contribution in [3.8, 4) is 11.6 Å². The van der Waals surface area contributed by atoms with Crippen molar-refractivity contribution >= 4 is 22.5 Å². The molecule has 0 N–H and O–H groups in total. The van der Waals surface area contributed by atoms with E-state index in [2.05, 4.69) is 9.97 Å². The summed E-state index contributed by atoms with van der Waals surface area (Å²) in [5, 5.41) is 1.61. The first-order valence-electron chi connectivity index (χ1n) is 5.88. The Morgan fingerprint density at radius 3 is 2.58 bits per heavy atom. The average Bonchev–Trinajstić information content (AvgIpc) is 2.42. The van der Waals surface area contributed by atoms with Crippen LogP contribution in [0.5, 0.6) is 11.6 Å². The van der Waals surface area contributed by atoms with E-state index in [-0.39, 0.29) is 0 Å². The SMILES string of the molecule is Cc1cccc2ncnc(Oc3ccc(Cl)cc3)c12. The molecule has 3 nitrogen and oxygen atoms in total. The highest BCUT2D eigenvalue weighted by Gasteiger charge is 2.08. The molecule has 2 aromatic carbocycles. The first kappa shape index (κ1) is 11.9. The van der Waals surface area contributed by atoms with Crippen LogP contribution in [-0.2, 0) is 0 Å². The second kappa shape index (κ2) is 4.86. The van der Waals surface area contributed by atoms with Crippen molar-refractivity contribution in [1.82, 2.24) is 9.97 Å². The van der Waals surface area contributed by atoms with Gasteiger partial charge in [0, 0.05) is 5.02 Å². The van der Waals surface area contributed by atoms with E-state index in [9.17, 15) is 0 Å². The third-order valence-electron chi connectivity index (χ3n) is 2.86. The lowest BCUT2D eigenvalue weighted by atomic mass is 10.1. The summed E-state index contributed by atoms with van der Waals surface area (Å²) < 4.78 is 5.82. The number of hydrogen-bond acceptors (Lipinski definition) is 3. The number of rotatable bonds is 2. The first-order chi connectivity index (χ1) is 9.24. The van der Waals surface area contributed by atoms with Gasteiger partial charge in [-0.25, -0.2) is 9.97 Å². The number of halogens is 1. The molecule has 19 heavy (non-hydrogen) atoms. The van der Waals surface area contributed by atoms with Crippen molar-refractivity contribution in [3.05, 3.63) is 59.4 Å². The van der Waals surface area contributed by atoms with Crippen LogP contribution in [0.2, 0.25) is 5.02 Å². The van der Waals surface area contributed by atoms with Gasteiger partial charge in [-0.05, 0) is 42.8 Å². The molecule has 0 unspecified atom stereocenters. The predicted molar refractivity (Wildman–Crippen MR) is 75.8 cm³/mol. The Balaban J connectivity index is 2.08. The van der Waals surface area contributed by atoms with E-state index < -0.39 is 0 Å². The predicted octanol–water partition coefficient (Wildman–Crippen LogP) is 4.38. The zero-order valence-corrected chi connectivity index (χ0v) is 11.1. The molecule has 0 saturated heterocycles. The van der Waals surface area contributed by atoms with Crippen molar-refractivity contribution < 1.29 is 4.74 Å². The van der Waals surface area contributed by atoms with Gasteiger partial charge in [-0.3, -0.25) is 0 Å². The zero-order chi connectivity index (χ0) is 13.2. The summed E-state index contributed by atoms with van der Waals surface area (Å²) in [5.74, 6) is 1.26. The number of nitrogens with zero attached hydrogens (tertiary/aromatic N) is 2. The van der Waals surface area contributed by atoms with Crippen molar-refractivity contribution in [1.29, 1.82) is 0 Å². The van der Waals surface area contributed by atoms with Crippen molar-refractivity contribution in [2.75, 3.05) is 0 Å². The smallest absolute Gasteiger partial charge is 0.230 e. The minimum absolute atomic E-state index is 0.561. The minimum Gasteiger partial charge on any atom is -0.438 e. The van der Waals surface area contributed by atoms with Crippen LogP contribution < -0.4 is 4.74 Å². The standard InChI is InChI=1S/C15H11ClN2O/c1-10-3-2-4-13-14(10)15(18-9-17-13)19-12-7-5-11(16)6-8-12/h2-9H,1H3. The van der Waals surface area contributed by atoms with E-state index in [0.717, 1.165) is 16.5 Å². The van der Waals surface area contributed by atoms with Gasteiger partial charge in [0.25, 0.3) is 0 Å². The molecule has 94 valence electrons. The Hall–Kier alpha value is -2.13. The van der Waals surface area contributed by atoms with Crippen LogP contribution in [0, 0.1) is 6.92 Å². The summed E-state index contributed by atoms with van der Waals surface area (Å²) >= 11 is 5.85. The second-order valence-electron chi connectivity index (χ2n) is 4.20. The molecule has 0 spiro atoms. The third kappa shape index (κ3) is 2.37. The summed E-state index contributed by atoms with van der Waals surface area (Å²) in [4.78, 5) is 8.47. The Morgan fingerprint density at radius 1 is 1.00 bits per heavy atom. The Bertz CT molecular complexity index is 721. The molecule has 0 bridgehead atoms. The summed E-state index contributed by atoms with van der Waals surface area (Å²) in [6, 6.07) is 13.1. The largest absolute Gasteiger partial charge is 0.438 e. The highest BCUT2D eigenvalue weighted by Crippen LogP contribution is 2.29. The number of ether oxygens (including phenoxy) is 1. The average molecular weight is 271 g/mol. The van der Waals surface area contributed by atoms with E-state index in [1.807, 2.05) is 37.3 Å². The molecule has 3 rings (SSSR count). The van der Waals surface area contributed by atoms with Crippen molar-refractivity contribution in [2.45, 2.75) is 6.92 Å². The van der Waals surface area contributed by atoms with Crippen molar-refractivity contribution in [2.24, 2.45) is 0 Å². The molecule has 0 amide bonds. The van der Waals surface area contributed by atoms with E-state index in [0.29, 0.717) is 16.7 Å². The summed E-state index contributed by atoms with van der Waals surface area (Å²) in [7, 11) is 0. The van der Waals surface area contributed by atoms with Gasteiger partial charge >= 0.3 is 0 Å². The quantitative estimate of drug-likeness (QED) is 0.693. The fourth-order valence-electron chi connectivity index (χ4n) is 1.94. The molecular weight excluding hydrogens is 260 g/mol. The molecule has 0 aliphatic rings. The fraction of sp³-hybridized carbons (Fsp3) is 0.0667. The molecule has 3 aromatic rings. The van der Waals surface area contributed by atoms with Gasteiger partial charge in [0.2, 0.25) is 5.88 Å². The molecule has 0 aliphatic heterocycles. The highest BCUT2D eigenvalue weighted by molar-refractivity contribution is 6.30. The fourth-order valence-corrected chi connectivity index (χ4v) is 2.06. The number of fused-ring (bicyclic) bond motifs is 1. The van der Waals surface area contributed by atoms with Gasteiger partial charge in [-0.2, -0.15) is 0 Å². The molecular formula is C15H11ClN2O. The molecule has 0 aliphatic carbocycles. The molecule has 4 heteroatoms. The van der Waals surface area contributed by atoms with Crippen LogP contribution in [-0.4, -0.2) is 9.97 Å². The number of aromatic nitrogens is 2. The third-order valence-corrected chi connectivity index (χ3v) is 3.12. The Kier molecular flexibility index (Phi) is 3.05. The summed E-state index contributed by atoms with van der Waals surface area (Å²) in [5.41, 5.74) is 1.96. The van der Waals surface area contributed by atoms with E-state index >= 15 is 0 Å². The van der Waals surface area contributed by atoms with Crippen LogP contribution in [0.15, 0.2) is 48.8 Å². The van der Waals surface area contributed by atoms with E-state index in [1.54, 1.807) is 12.1 Å². The summed E-state index contributed by atoms with van der Waals surface area (Å²) in [6.45, 7) is 2.01. The second-order valence-corrected chi connectivity index (χ2v) is 4.64. The van der Waals surface area contributed by atoms with Crippen LogP contribution in [0.4, 0.5) is 0 Å². The van der Waals surface area contributed by atoms with Crippen LogP contribution in [0.3, 0.4) is 0 Å². The highest BCUT2D eigenvalue weighted by atomic mass is 35.5. The lowest BCUT2D eigenvalue weighted by Crippen LogP contribution is -1.92.